The highest BCUT2D eigenvalue weighted by atomic mass is 35.5. The summed E-state index contributed by atoms with van der Waals surface area (Å²) in [6.07, 6.45) is 5.63. The second-order valence-electron chi connectivity index (χ2n) is 6.75. The first-order valence-electron chi connectivity index (χ1n) is 8.79. The van der Waals surface area contributed by atoms with Gasteiger partial charge in [-0.15, -0.1) is 0 Å². The Labute approximate surface area is 163 Å². The molecule has 0 bridgehead atoms. The molecule has 2 atom stereocenters. The Morgan fingerprint density at radius 1 is 1.31 bits per heavy atom. The SMILES string of the molecule is Cc1ccncc1C(O)[C@@H]1CCCCN1C(=O)Cc1ccc(Cl)c(Cl)c1. The summed E-state index contributed by atoms with van der Waals surface area (Å²) in [6, 6.07) is 6.88. The highest BCUT2D eigenvalue weighted by Gasteiger charge is 2.33. The van der Waals surface area contributed by atoms with E-state index in [9.17, 15) is 9.90 Å². The largest absolute Gasteiger partial charge is 0.386 e. The van der Waals surface area contributed by atoms with Crippen LogP contribution in [0.15, 0.2) is 36.7 Å². The van der Waals surface area contributed by atoms with E-state index in [1.807, 2.05) is 24.0 Å². The van der Waals surface area contributed by atoms with Crippen LogP contribution in [0, 0.1) is 6.92 Å². The van der Waals surface area contributed by atoms with Gasteiger partial charge in [0.2, 0.25) is 5.91 Å². The van der Waals surface area contributed by atoms with Crippen LogP contribution in [0.3, 0.4) is 0 Å². The monoisotopic (exact) mass is 392 g/mol. The summed E-state index contributed by atoms with van der Waals surface area (Å²) in [4.78, 5) is 18.9. The molecule has 0 spiro atoms. The summed E-state index contributed by atoms with van der Waals surface area (Å²) in [5.41, 5.74) is 2.59. The lowest BCUT2D eigenvalue weighted by Gasteiger charge is -2.39. The van der Waals surface area contributed by atoms with Crippen LogP contribution in [-0.4, -0.2) is 33.5 Å². The van der Waals surface area contributed by atoms with Crippen LogP contribution in [-0.2, 0) is 11.2 Å². The molecule has 0 saturated carbocycles. The average molecular weight is 393 g/mol. The van der Waals surface area contributed by atoms with Crippen molar-refractivity contribution >= 4 is 29.1 Å². The van der Waals surface area contributed by atoms with Gasteiger partial charge in [-0.05, 0) is 55.5 Å². The number of aliphatic hydroxyl groups excluding tert-OH is 1. The number of aromatic nitrogens is 1. The highest BCUT2D eigenvalue weighted by molar-refractivity contribution is 6.42. The van der Waals surface area contributed by atoms with Crippen molar-refractivity contribution < 1.29 is 9.90 Å². The van der Waals surface area contributed by atoms with Gasteiger partial charge in [0.15, 0.2) is 0 Å². The van der Waals surface area contributed by atoms with Gasteiger partial charge < -0.3 is 10.0 Å². The molecule has 1 aromatic carbocycles. The van der Waals surface area contributed by atoms with Gasteiger partial charge in [0.1, 0.15) is 6.10 Å². The van der Waals surface area contributed by atoms with Crippen LogP contribution in [0.5, 0.6) is 0 Å². The molecule has 1 amide bonds. The Balaban J connectivity index is 1.78. The van der Waals surface area contributed by atoms with E-state index >= 15 is 0 Å². The summed E-state index contributed by atoms with van der Waals surface area (Å²) < 4.78 is 0. The molecule has 2 aromatic rings. The summed E-state index contributed by atoms with van der Waals surface area (Å²) in [5, 5.41) is 11.8. The fraction of sp³-hybridized carbons (Fsp3) is 0.400. The van der Waals surface area contributed by atoms with Gasteiger partial charge in [-0.1, -0.05) is 29.3 Å². The van der Waals surface area contributed by atoms with Gasteiger partial charge in [-0.3, -0.25) is 9.78 Å². The third-order valence-electron chi connectivity index (χ3n) is 4.97. The van der Waals surface area contributed by atoms with Crippen molar-refractivity contribution in [3.05, 3.63) is 63.4 Å². The molecule has 1 N–H and O–H groups in total. The lowest BCUT2D eigenvalue weighted by Crippen LogP contribution is -2.47. The fourth-order valence-electron chi connectivity index (χ4n) is 3.51. The number of aryl methyl sites for hydroxylation is 1. The van der Waals surface area contributed by atoms with Crippen molar-refractivity contribution in [2.45, 2.75) is 44.8 Å². The standard InChI is InChI=1S/C20H22Cl2N2O2/c1-13-7-8-23-12-15(13)20(26)18-4-2-3-9-24(18)19(25)11-14-5-6-16(21)17(22)10-14/h5-8,10,12,18,20,26H,2-4,9,11H2,1H3/t18-,20?/m0/s1. The Morgan fingerprint density at radius 3 is 2.85 bits per heavy atom. The number of carbonyl (C=O) groups excluding carboxylic acids is 1. The van der Waals surface area contributed by atoms with Crippen LogP contribution < -0.4 is 0 Å². The van der Waals surface area contributed by atoms with Crippen molar-refractivity contribution in [3.8, 4) is 0 Å². The maximum absolute atomic E-state index is 12.9. The Hall–Kier alpha value is -1.62. The zero-order chi connectivity index (χ0) is 18.7. The first kappa shape index (κ1) is 19.2. The molecule has 26 heavy (non-hydrogen) atoms. The van der Waals surface area contributed by atoms with Crippen molar-refractivity contribution in [1.29, 1.82) is 0 Å². The highest BCUT2D eigenvalue weighted by Crippen LogP contribution is 2.31. The molecule has 1 fully saturated rings. The first-order chi connectivity index (χ1) is 12.5. The Bertz CT molecular complexity index is 797. The number of nitrogens with zero attached hydrogens (tertiary/aromatic N) is 2. The number of aliphatic hydroxyl groups is 1. The van der Waals surface area contributed by atoms with Crippen molar-refractivity contribution in [3.63, 3.8) is 0 Å². The number of hydrogen-bond donors (Lipinski definition) is 1. The maximum atomic E-state index is 12.9. The molecular weight excluding hydrogens is 371 g/mol. The molecule has 6 heteroatoms. The number of benzene rings is 1. The molecule has 1 unspecified atom stereocenters. The summed E-state index contributed by atoms with van der Waals surface area (Å²) >= 11 is 12.0. The van der Waals surface area contributed by atoms with Gasteiger partial charge in [0, 0.05) is 24.5 Å². The zero-order valence-corrected chi connectivity index (χ0v) is 16.2. The van der Waals surface area contributed by atoms with Crippen LogP contribution in [0.25, 0.3) is 0 Å². The normalized spacial score (nSPS) is 18.6. The average Bonchev–Trinajstić information content (AvgIpc) is 2.64. The topological polar surface area (TPSA) is 53.4 Å². The minimum atomic E-state index is -0.734. The van der Waals surface area contributed by atoms with Crippen molar-refractivity contribution in [1.82, 2.24) is 9.88 Å². The van der Waals surface area contributed by atoms with Crippen LogP contribution >= 0.6 is 23.2 Å². The van der Waals surface area contributed by atoms with E-state index in [0.717, 1.165) is 36.0 Å². The van der Waals surface area contributed by atoms with E-state index in [-0.39, 0.29) is 18.4 Å². The Kier molecular flexibility index (Phi) is 6.17. The molecule has 138 valence electrons. The van der Waals surface area contributed by atoms with Crippen LogP contribution in [0.4, 0.5) is 0 Å². The summed E-state index contributed by atoms with van der Waals surface area (Å²) in [6.45, 7) is 2.60. The Morgan fingerprint density at radius 2 is 2.12 bits per heavy atom. The summed E-state index contributed by atoms with van der Waals surface area (Å²) in [7, 11) is 0. The van der Waals surface area contributed by atoms with Crippen LogP contribution in [0.1, 0.15) is 42.1 Å². The second kappa shape index (κ2) is 8.38. The molecule has 1 aromatic heterocycles. The van der Waals surface area contributed by atoms with E-state index in [0.29, 0.717) is 16.6 Å². The van der Waals surface area contributed by atoms with Gasteiger partial charge in [-0.2, -0.15) is 0 Å². The van der Waals surface area contributed by atoms with Crippen molar-refractivity contribution in [2.75, 3.05) is 6.54 Å². The van der Waals surface area contributed by atoms with E-state index < -0.39 is 6.10 Å². The third-order valence-corrected chi connectivity index (χ3v) is 5.71. The van der Waals surface area contributed by atoms with E-state index in [2.05, 4.69) is 4.98 Å². The molecule has 3 rings (SSSR count). The molecular formula is C20H22Cl2N2O2. The third kappa shape index (κ3) is 4.20. The predicted molar refractivity (Wildman–Crippen MR) is 103 cm³/mol. The maximum Gasteiger partial charge on any atom is 0.227 e. The minimum absolute atomic E-state index is 0.00585. The van der Waals surface area contributed by atoms with Crippen LogP contribution in [0.2, 0.25) is 10.0 Å². The smallest absolute Gasteiger partial charge is 0.227 e. The zero-order valence-electron chi connectivity index (χ0n) is 14.7. The van der Waals surface area contributed by atoms with Gasteiger partial charge in [0.25, 0.3) is 0 Å². The molecule has 0 radical (unpaired) electrons. The van der Waals surface area contributed by atoms with E-state index in [1.54, 1.807) is 24.5 Å². The van der Waals surface area contributed by atoms with Gasteiger partial charge >= 0.3 is 0 Å². The number of carbonyl (C=O) groups is 1. The molecule has 1 saturated heterocycles. The number of pyridine rings is 1. The number of piperidine rings is 1. The number of halogens is 2. The lowest BCUT2D eigenvalue weighted by atomic mass is 9.91. The minimum Gasteiger partial charge on any atom is -0.386 e. The molecule has 1 aliphatic rings. The molecule has 0 aliphatic carbocycles. The summed E-state index contributed by atoms with van der Waals surface area (Å²) in [5.74, 6) is -0.00585. The quantitative estimate of drug-likeness (QED) is 0.840. The van der Waals surface area contributed by atoms with Gasteiger partial charge in [0.05, 0.1) is 22.5 Å². The number of likely N-dealkylation sites (tertiary alicyclic amines) is 1. The predicted octanol–water partition coefficient (Wildman–Crippen LogP) is 4.35. The van der Waals surface area contributed by atoms with Crippen molar-refractivity contribution in [2.24, 2.45) is 0 Å². The number of rotatable bonds is 4. The molecule has 2 heterocycles. The molecule has 1 aliphatic heterocycles. The number of amides is 1. The fourth-order valence-corrected chi connectivity index (χ4v) is 3.83. The first-order valence-corrected chi connectivity index (χ1v) is 9.55. The lowest BCUT2D eigenvalue weighted by molar-refractivity contribution is -0.137. The number of hydrogen-bond acceptors (Lipinski definition) is 3. The van der Waals surface area contributed by atoms with Gasteiger partial charge in [-0.25, -0.2) is 0 Å². The van der Waals surface area contributed by atoms with E-state index in [1.165, 1.54) is 0 Å². The molecule has 4 nitrogen and oxygen atoms in total. The second-order valence-corrected chi connectivity index (χ2v) is 7.57. The van der Waals surface area contributed by atoms with E-state index in [4.69, 9.17) is 23.2 Å².